The summed E-state index contributed by atoms with van der Waals surface area (Å²) >= 11 is 0. The van der Waals surface area contributed by atoms with Crippen molar-refractivity contribution in [2.24, 2.45) is 11.7 Å². The Morgan fingerprint density at radius 2 is 1.45 bits per heavy atom. The number of rotatable bonds is 9. The zero-order chi connectivity index (χ0) is 14.8. The Morgan fingerprint density at radius 1 is 0.950 bits per heavy atom. The quantitative estimate of drug-likeness (QED) is 0.655. The molecule has 1 fully saturated rings. The molecule has 2 N–H and O–H groups in total. The maximum Gasteiger partial charge on any atom is 0.225 e. The van der Waals surface area contributed by atoms with Crippen LogP contribution in [-0.4, -0.2) is 29.9 Å². The number of unbranched alkanes of at least 4 members (excludes halogenated alkanes) is 4. The van der Waals surface area contributed by atoms with Gasteiger partial charge in [-0.2, -0.15) is 0 Å². The number of hydrogen-bond donors (Lipinski definition) is 1. The van der Waals surface area contributed by atoms with E-state index in [4.69, 9.17) is 5.73 Å². The lowest BCUT2D eigenvalue weighted by Crippen LogP contribution is -2.40. The first-order valence-corrected chi connectivity index (χ1v) is 8.73. The smallest absolute Gasteiger partial charge is 0.225 e. The van der Waals surface area contributed by atoms with E-state index in [-0.39, 0.29) is 5.92 Å². The summed E-state index contributed by atoms with van der Waals surface area (Å²) in [5, 5.41) is 0. The Balaban J connectivity index is 2.44. The Morgan fingerprint density at radius 3 is 1.90 bits per heavy atom. The van der Waals surface area contributed by atoms with Crippen molar-refractivity contribution in [1.29, 1.82) is 0 Å². The van der Waals surface area contributed by atoms with Crippen LogP contribution in [0.4, 0.5) is 0 Å². The molecule has 1 aliphatic rings. The molecule has 0 atom stereocenters. The number of carbonyl (C=O) groups excluding carboxylic acids is 1. The van der Waals surface area contributed by atoms with Gasteiger partial charge >= 0.3 is 0 Å². The molecule has 0 bridgehead atoms. The summed E-state index contributed by atoms with van der Waals surface area (Å²) < 4.78 is 0. The summed E-state index contributed by atoms with van der Waals surface area (Å²) in [7, 11) is 0. The molecule has 1 aliphatic carbocycles. The third kappa shape index (κ3) is 6.25. The zero-order valence-electron chi connectivity index (χ0n) is 13.6. The molecule has 0 aliphatic heterocycles. The van der Waals surface area contributed by atoms with Gasteiger partial charge in [0.2, 0.25) is 5.91 Å². The second-order valence-electron chi connectivity index (χ2n) is 6.35. The standard InChI is InChI=1S/C17H34N2O/c1-3-5-7-13-19(14-8-6-4-2)17(20)15-9-11-16(18)12-10-15/h15-16H,3-14,18H2,1-2H3. The maximum absolute atomic E-state index is 12.7. The molecule has 0 aromatic rings. The summed E-state index contributed by atoms with van der Waals surface area (Å²) in [5.74, 6) is 0.655. The highest BCUT2D eigenvalue weighted by atomic mass is 16.2. The monoisotopic (exact) mass is 282 g/mol. The average molecular weight is 282 g/mol. The molecule has 0 aromatic carbocycles. The van der Waals surface area contributed by atoms with Gasteiger partial charge in [-0.25, -0.2) is 0 Å². The fourth-order valence-electron chi connectivity index (χ4n) is 3.06. The molecule has 0 saturated heterocycles. The van der Waals surface area contributed by atoms with Crippen LogP contribution >= 0.6 is 0 Å². The van der Waals surface area contributed by atoms with Gasteiger partial charge in [-0.05, 0) is 38.5 Å². The summed E-state index contributed by atoms with van der Waals surface area (Å²) in [4.78, 5) is 14.8. The van der Waals surface area contributed by atoms with Crippen LogP contribution < -0.4 is 5.73 Å². The van der Waals surface area contributed by atoms with E-state index in [1.807, 2.05) is 0 Å². The fraction of sp³-hybridized carbons (Fsp3) is 0.941. The lowest BCUT2D eigenvalue weighted by molar-refractivity contribution is -0.136. The summed E-state index contributed by atoms with van der Waals surface area (Å²) in [5.41, 5.74) is 5.94. The summed E-state index contributed by atoms with van der Waals surface area (Å²) in [6.45, 7) is 6.34. The second kappa shape index (κ2) is 10.2. The number of amides is 1. The predicted octanol–water partition coefficient (Wildman–Crippen LogP) is 3.71. The molecule has 1 amide bonds. The van der Waals surface area contributed by atoms with Gasteiger partial charge in [0, 0.05) is 25.0 Å². The van der Waals surface area contributed by atoms with E-state index in [0.717, 1.165) is 51.6 Å². The van der Waals surface area contributed by atoms with Crippen molar-refractivity contribution in [3.05, 3.63) is 0 Å². The number of hydrogen-bond acceptors (Lipinski definition) is 2. The van der Waals surface area contributed by atoms with Crippen LogP contribution in [0.1, 0.15) is 78.1 Å². The molecule has 1 rings (SSSR count). The normalized spacial score (nSPS) is 22.8. The van der Waals surface area contributed by atoms with E-state index in [1.165, 1.54) is 25.7 Å². The molecule has 118 valence electrons. The second-order valence-corrected chi connectivity index (χ2v) is 6.35. The van der Waals surface area contributed by atoms with Crippen LogP contribution in [0.5, 0.6) is 0 Å². The molecule has 0 radical (unpaired) electrons. The van der Waals surface area contributed by atoms with Crippen LogP contribution in [0.25, 0.3) is 0 Å². The molecule has 20 heavy (non-hydrogen) atoms. The topological polar surface area (TPSA) is 46.3 Å². The number of nitrogens with two attached hydrogens (primary N) is 1. The van der Waals surface area contributed by atoms with Crippen molar-refractivity contribution in [1.82, 2.24) is 4.90 Å². The Hall–Kier alpha value is -0.570. The largest absolute Gasteiger partial charge is 0.342 e. The van der Waals surface area contributed by atoms with Gasteiger partial charge in [0.05, 0.1) is 0 Å². The highest BCUT2D eigenvalue weighted by molar-refractivity contribution is 5.78. The van der Waals surface area contributed by atoms with Gasteiger partial charge in [-0.1, -0.05) is 39.5 Å². The minimum atomic E-state index is 0.248. The first-order valence-electron chi connectivity index (χ1n) is 8.73. The summed E-state index contributed by atoms with van der Waals surface area (Å²) in [6.07, 6.45) is 11.2. The molecule has 3 nitrogen and oxygen atoms in total. The van der Waals surface area contributed by atoms with Gasteiger partial charge in [-0.15, -0.1) is 0 Å². The predicted molar refractivity (Wildman–Crippen MR) is 85.6 cm³/mol. The third-order valence-corrected chi connectivity index (χ3v) is 4.50. The molecule has 3 heteroatoms. The lowest BCUT2D eigenvalue weighted by Gasteiger charge is -2.31. The molecule has 0 heterocycles. The van der Waals surface area contributed by atoms with E-state index in [1.54, 1.807) is 0 Å². The van der Waals surface area contributed by atoms with E-state index >= 15 is 0 Å². The fourth-order valence-corrected chi connectivity index (χ4v) is 3.06. The SMILES string of the molecule is CCCCCN(CCCCC)C(=O)C1CCC(N)CC1. The van der Waals surface area contributed by atoms with Crippen LogP contribution in [0, 0.1) is 5.92 Å². The van der Waals surface area contributed by atoms with Gasteiger partial charge < -0.3 is 10.6 Å². The Bertz CT molecular complexity index is 250. The molecular weight excluding hydrogens is 248 g/mol. The van der Waals surface area contributed by atoms with E-state index < -0.39 is 0 Å². The van der Waals surface area contributed by atoms with Crippen LogP contribution in [0.15, 0.2) is 0 Å². The van der Waals surface area contributed by atoms with Gasteiger partial charge in [0.1, 0.15) is 0 Å². The average Bonchev–Trinajstić information content (AvgIpc) is 2.46. The van der Waals surface area contributed by atoms with Crippen LogP contribution in [0.2, 0.25) is 0 Å². The van der Waals surface area contributed by atoms with E-state index in [0.29, 0.717) is 11.9 Å². The van der Waals surface area contributed by atoms with Crippen molar-refractivity contribution in [3.63, 3.8) is 0 Å². The van der Waals surface area contributed by atoms with Gasteiger partial charge in [0.25, 0.3) is 0 Å². The molecule has 0 aromatic heterocycles. The Labute approximate surface area is 125 Å². The molecular formula is C17H34N2O. The van der Waals surface area contributed by atoms with Gasteiger partial charge in [-0.3, -0.25) is 4.79 Å². The Kier molecular flexibility index (Phi) is 8.92. The molecule has 1 saturated carbocycles. The molecule has 0 spiro atoms. The minimum Gasteiger partial charge on any atom is -0.342 e. The number of carbonyl (C=O) groups is 1. The first-order chi connectivity index (χ1) is 9.69. The summed E-state index contributed by atoms with van der Waals surface area (Å²) in [6, 6.07) is 0.327. The highest BCUT2D eigenvalue weighted by Gasteiger charge is 2.27. The van der Waals surface area contributed by atoms with Gasteiger partial charge in [0.15, 0.2) is 0 Å². The first kappa shape index (κ1) is 17.5. The van der Waals surface area contributed by atoms with Crippen molar-refractivity contribution < 1.29 is 4.79 Å². The lowest BCUT2D eigenvalue weighted by atomic mass is 9.85. The van der Waals surface area contributed by atoms with Crippen molar-refractivity contribution in [2.45, 2.75) is 84.1 Å². The van der Waals surface area contributed by atoms with Crippen LogP contribution in [0.3, 0.4) is 0 Å². The van der Waals surface area contributed by atoms with Crippen molar-refractivity contribution in [3.8, 4) is 0 Å². The zero-order valence-corrected chi connectivity index (χ0v) is 13.6. The third-order valence-electron chi connectivity index (χ3n) is 4.50. The van der Waals surface area contributed by atoms with Crippen molar-refractivity contribution >= 4 is 5.91 Å². The van der Waals surface area contributed by atoms with Crippen LogP contribution in [-0.2, 0) is 4.79 Å². The van der Waals surface area contributed by atoms with E-state index in [9.17, 15) is 4.79 Å². The number of nitrogens with zero attached hydrogens (tertiary/aromatic N) is 1. The minimum absolute atomic E-state index is 0.248. The molecule has 0 unspecified atom stereocenters. The highest BCUT2D eigenvalue weighted by Crippen LogP contribution is 2.25. The van der Waals surface area contributed by atoms with Crippen molar-refractivity contribution in [2.75, 3.05) is 13.1 Å². The van der Waals surface area contributed by atoms with E-state index in [2.05, 4.69) is 18.7 Å². The maximum atomic E-state index is 12.7.